The van der Waals surface area contributed by atoms with E-state index in [-0.39, 0.29) is 0 Å². The molecule has 2 bridgehead atoms. The van der Waals surface area contributed by atoms with Crippen molar-refractivity contribution in [1.82, 2.24) is 25.2 Å². The van der Waals surface area contributed by atoms with Crippen LogP contribution in [0.4, 0.5) is 5.82 Å². The summed E-state index contributed by atoms with van der Waals surface area (Å²) in [5, 5.41) is 6.03. The van der Waals surface area contributed by atoms with Crippen LogP contribution in [0.5, 0.6) is 0 Å². The Morgan fingerprint density at radius 1 is 0.941 bits per heavy atom. The molecule has 3 aliphatic rings. The third kappa shape index (κ3) is 3.64. The molecule has 0 spiro atoms. The van der Waals surface area contributed by atoms with E-state index in [1.807, 2.05) is 6.20 Å². The number of hydrogen-bond acceptors (Lipinski definition) is 6. The minimum atomic E-state index is 0.658. The van der Waals surface area contributed by atoms with Crippen molar-refractivity contribution in [2.45, 2.75) is 31.5 Å². The molecule has 3 fully saturated rings. The molecule has 7 rings (SSSR count). The van der Waals surface area contributed by atoms with E-state index in [9.17, 15) is 0 Å². The highest BCUT2D eigenvalue weighted by Crippen LogP contribution is 2.32. The average molecular weight is 455 g/mol. The van der Waals surface area contributed by atoms with Crippen molar-refractivity contribution in [3.05, 3.63) is 54.2 Å². The maximum absolute atomic E-state index is 5.64. The summed E-state index contributed by atoms with van der Waals surface area (Å²) in [6.07, 6.45) is 4.60. The zero-order valence-electron chi connectivity index (χ0n) is 19.3. The van der Waals surface area contributed by atoms with E-state index in [4.69, 9.17) is 14.7 Å². The van der Waals surface area contributed by atoms with Gasteiger partial charge in [0.15, 0.2) is 5.82 Å². The summed E-state index contributed by atoms with van der Waals surface area (Å²) in [7, 11) is 0. The molecule has 4 aromatic rings. The fourth-order valence-electron chi connectivity index (χ4n) is 5.95. The van der Waals surface area contributed by atoms with Gasteiger partial charge in [-0.05, 0) is 42.7 Å². The van der Waals surface area contributed by atoms with Gasteiger partial charge >= 0.3 is 0 Å². The van der Waals surface area contributed by atoms with E-state index in [1.54, 1.807) is 0 Å². The molecule has 5 heterocycles. The predicted octanol–water partition coefficient (Wildman–Crippen LogP) is 3.55. The highest BCUT2D eigenvalue weighted by molar-refractivity contribution is 5.97. The lowest BCUT2D eigenvalue weighted by Gasteiger charge is -2.33. The van der Waals surface area contributed by atoms with Gasteiger partial charge < -0.3 is 19.9 Å². The first-order chi connectivity index (χ1) is 16.8. The van der Waals surface area contributed by atoms with Crippen LogP contribution >= 0.6 is 0 Å². The van der Waals surface area contributed by atoms with Crippen molar-refractivity contribution in [3.63, 3.8) is 0 Å². The van der Waals surface area contributed by atoms with Crippen molar-refractivity contribution in [1.29, 1.82) is 0 Å². The Labute approximate surface area is 199 Å². The number of benzene rings is 2. The third-order valence-corrected chi connectivity index (χ3v) is 7.58. The molecule has 7 heteroatoms. The molecule has 3 aliphatic heterocycles. The number of H-pyrrole nitrogens is 1. The minimum absolute atomic E-state index is 0.658. The molecule has 34 heavy (non-hydrogen) atoms. The van der Waals surface area contributed by atoms with Crippen molar-refractivity contribution in [2.24, 2.45) is 0 Å². The van der Waals surface area contributed by atoms with Gasteiger partial charge in [0, 0.05) is 72.9 Å². The van der Waals surface area contributed by atoms with Gasteiger partial charge in [-0.2, -0.15) is 0 Å². The molecule has 2 unspecified atom stereocenters. The van der Waals surface area contributed by atoms with E-state index in [1.165, 1.54) is 18.4 Å². The van der Waals surface area contributed by atoms with E-state index in [2.05, 4.69) is 62.6 Å². The number of fused-ring (bicyclic) bond motifs is 4. The summed E-state index contributed by atoms with van der Waals surface area (Å²) in [4.78, 5) is 18.5. The van der Waals surface area contributed by atoms with Crippen LogP contribution in [0.1, 0.15) is 18.4 Å². The molecule has 0 aliphatic carbocycles. The number of aromatic amines is 1. The van der Waals surface area contributed by atoms with E-state index in [0.29, 0.717) is 12.1 Å². The Hall–Kier alpha value is -3.00. The standard InChI is InChI=1S/C27H30N6O/c1-2-22(21-8-9-28-24(21)3-1)26-30-25-7-4-18(15-32-16-19-5-6-20(17-32)29-19)14-23(25)27(31-26)33-10-12-34-13-11-33/h1-4,7-9,14,19-20,28-29H,5-6,10-13,15-17H2. The van der Waals surface area contributed by atoms with Gasteiger partial charge in [-0.25, -0.2) is 9.97 Å². The molecule has 0 radical (unpaired) electrons. The van der Waals surface area contributed by atoms with Crippen LogP contribution in [0.3, 0.4) is 0 Å². The molecule has 2 N–H and O–H groups in total. The molecule has 2 aromatic heterocycles. The lowest BCUT2D eigenvalue weighted by Crippen LogP contribution is -2.50. The molecule has 2 aromatic carbocycles. The molecular formula is C27H30N6O. The maximum atomic E-state index is 5.64. The van der Waals surface area contributed by atoms with Crippen molar-refractivity contribution in [3.8, 4) is 11.4 Å². The molecular weight excluding hydrogens is 424 g/mol. The molecule has 3 saturated heterocycles. The molecule has 0 amide bonds. The fraction of sp³-hybridized carbons (Fsp3) is 0.407. The monoisotopic (exact) mass is 454 g/mol. The first-order valence-corrected chi connectivity index (χ1v) is 12.5. The summed E-state index contributed by atoms with van der Waals surface area (Å²) < 4.78 is 5.64. The Kier molecular flexibility index (Phi) is 5.00. The largest absolute Gasteiger partial charge is 0.378 e. The SMILES string of the molecule is c1cc(-c2nc(N3CCOCC3)c3cc(CN4CC5CCC(C4)N5)ccc3n2)c2cc[nH]c2c1. The Bertz CT molecular complexity index is 1330. The number of rotatable bonds is 4. The zero-order valence-corrected chi connectivity index (χ0v) is 19.3. The summed E-state index contributed by atoms with van der Waals surface area (Å²) >= 11 is 0. The summed E-state index contributed by atoms with van der Waals surface area (Å²) in [6, 6.07) is 16.5. The highest BCUT2D eigenvalue weighted by Gasteiger charge is 2.32. The lowest BCUT2D eigenvalue weighted by atomic mass is 10.1. The van der Waals surface area contributed by atoms with Crippen molar-refractivity contribution >= 4 is 27.6 Å². The average Bonchev–Trinajstić information content (AvgIpc) is 3.49. The van der Waals surface area contributed by atoms with Gasteiger partial charge in [0.05, 0.1) is 18.7 Å². The number of ether oxygens (including phenoxy) is 1. The zero-order chi connectivity index (χ0) is 22.5. The number of hydrogen-bond donors (Lipinski definition) is 2. The number of anilines is 1. The van der Waals surface area contributed by atoms with E-state index >= 15 is 0 Å². The summed E-state index contributed by atoms with van der Waals surface area (Å²) in [6.45, 7) is 6.44. The molecule has 7 nitrogen and oxygen atoms in total. The van der Waals surface area contributed by atoms with Gasteiger partial charge in [-0.1, -0.05) is 18.2 Å². The van der Waals surface area contributed by atoms with Crippen LogP contribution in [0.15, 0.2) is 48.7 Å². The van der Waals surface area contributed by atoms with Crippen LogP contribution in [-0.4, -0.2) is 71.3 Å². The highest BCUT2D eigenvalue weighted by atomic mass is 16.5. The second kappa shape index (κ2) is 8.34. The Balaban J connectivity index is 1.30. The summed E-state index contributed by atoms with van der Waals surface area (Å²) in [5.74, 6) is 1.81. The van der Waals surface area contributed by atoms with E-state index in [0.717, 1.165) is 84.9 Å². The number of nitrogens with zero attached hydrogens (tertiary/aromatic N) is 4. The van der Waals surface area contributed by atoms with Gasteiger partial charge in [-0.3, -0.25) is 4.90 Å². The third-order valence-electron chi connectivity index (χ3n) is 7.58. The van der Waals surface area contributed by atoms with Crippen LogP contribution < -0.4 is 10.2 Å². The fourth-order valence-corrected chi connectivity index (χ4v) is 5.95. The lowest BCUT2D eigenvalue weighted by molar-refractivity contribution is 0.122. The molecule has 174 valence electrons. The van der Waals surface area contributed by atoms with Gasteiger partial charge in [0.1, 0.15) is 5.82 Å². The Morgan fingerprint density at radius 2 is 1.79 bits per heavy atom. The van der Waals surface area contributed by atoms with Crippen LogP contribution in [0.2, 0.25) is 0 Å². The van der Waals surface area contributed by atoms with Gasteiger partial charge in [0.2, 0.25) is 0 Å². The van der Waals surface area contributed by atoms with E-state index < -0.39 is 0 Å². The number of morpholine rings is 1. The number of piperazine rings is 1. The van der Waals surface area contributed by atoms with Crippen LogP contribution in [0, 0.1) is 0 Å². The number of likely N-dealkylation sites (tertiary alicyclic amines) is 1. The van der Waals surface area contributed by atoms with Crippen molar-refractivity contribution < 1.29 is 4.74 Å². The van der Waals surface area contributed by atoms with Crippen LogP contribution in [0.25, 0.3) is 33.2 Å². The molecule has 0 saturated carbocycles. The Morgan fingerprint density at radius 3 is 2.65 bits per heavy atom. The topological polar surface area (TPSA) is 69.3 Å². The first kappa shape index (κ1) is 20.4. The number of nitrogens with one attached hydrogen (secondary N) is 2. The van der Waals surface area contributed by atoms with Gasteiger partial charge in [0.25, 0.3) is 0 Å². The summed E-state index contributed by atoms with van der Waals surface area (Å²) in [5.41, 5.74) is 4.51. The maximum Gasteiger partial charge on any atom is 0.162 e. The quantitative estimate of drug-likeness (QED) is 0.492. The van der Waals surface area contributed by atoms with Gasteiger partial charge in [-0.15, -0.1) is 0 Å². The van der Waals surface area contributed by atoms with Crippen molar-refractivity contribution in [2.75, 3.05) is 44.3 Å². The predicted molar refractivity (Wildman–Crippen MR) is 135 cm³/mol. The second-order valence-corrected chi connectivity index (χ2v) is 9.90. The number of aromatic nitrogens is 3. The smallest absolute Gasteiger partial charge is 0.162 e. The molecule has 2 atom stereocenters. The van der Waals surface area contributed by atoms with Crippen LogP contribution in [-0.2, 0) is 11.3 Å². The normalized spacial score (nSPS) is 23.2. The second-order valence-electron chi connectivity index (χ2n) is 9.90. The minimum Gasteiger partial charge on any atom is -0.378 e. The first-order valence-electron chi connectivity index (χ1n) is 12.5.